The van der Waals surface area contributed by atoms with Crippen molar-refractivity contribution >= 4 is 0 Å². The molecule has 6 nitrogen and oxygen atoms in total. The maximum Gasteiger partial charge on any atom is 0.161 e. The summed E-state index contributed by atoms with van der Waals surface area (Å²) in [5.74, 6) is 1.45. The number of para-hydroxylation sites is 2. The fourth-order valence-electron chi connectivity index (χ4n) is 2.37. The van der Waals surface area contributed by atoms with Gasteiger partial charge in [0.15, 0.2) is 11.5 Å². The van der Waals surface area contributed by atoms with Gasteiger partial charge in [-0.15, -0.1) is 0 Å². The zero-order valence-electron chi connectivity index (χ0n) is 13.8. The Bertz CT molecular complexity index is 406. The molecule has 0 radical (unpaired) electrons. The Morgan fingerprint density at radius 3 is 1.91 bits per heavy atom. The summed E-state index contributed by atoms with van der Waals surface area (Å²) in [6.07, 6.45) is -0.363. The maximum atomic E-state index is 9.55. The molecule has 1 atom stereocenters. The molecule has 0 unspecified atom stereocenters. The van der Waals surface area contributed by atoms with Crippen molar-refractivity contribution in [3.8, 4) is 11.5 Å². The topological polar surface area (TPSA) is 60.4 Å². The minimum Gasteiger partial charge on any atom is -0.487 e. The first-order chi connectivity index (χ1) is 11.3. The van der Waals surface area contributed by atoms with Crippen LogP contribution in [0.4, 0.5) is 0 Å². The van der Waals surface area contributed by atoms with Crippen molar-refractivity contribution in [1.82, 2.24) is 4.90 Å². The number of β-amino-alcohol motifs (C(OH)–C–C–N with tert-alkyl or cyclic N) is 1. The van der Waals surface area contributed by atoms with Crippen molar-refractivity contribution in [3.63, 3.8) is 0 Å². The van der Waals surface area contributed by atoms with Gasteiger partial charge in [-0.2, -0.15) is 0 Å². The predicted octanol–water partition coefficient (Wildman–Crippen LogP) is 1.17. The van der Waals surface area contributed by atoms with Gasteiger partial charge in [0.05, 0.1) is 32.5 Å². The second-order valence-electron chi connectivity index (χ2n) is 5.52. The second-order valence-corrected chi connectivity index (χ2v) is 5.52. The maximum absolute atomic E-state index is 9.55. The van der Waals surface area contributed by atoms with E-state index >= 15 is 0 Å². The van der Waals surface area contributed by atoms with Crippen LogP contribution in [0.2, 0.25) is 0 Å². The molecule has 0 aromatic heterocycles. The molecule has 1 N–H and O–H groups in total. The van der Waals surface area contributed by atoms with Gasteiger partial charge in [-0.1, -0.05) is 12.1 Å². The highest BCUT2D eigenvalue weighted by Crippen LogP contribution is 2.26. The van der Waals surface area contributed by atoms with E-state index in [0.29, 0.717) is 46.2 Å². The number of ether oxygens (including phenoxy) is 4. The summed E-state index contributed by atoms with van der Waals surface area (Å²) in [6.45, 7) is 7.15. The van der Waals surface area contributed by atoms with Crippen molar-refractivity contribution in [2.75, 3.05) is 59.3 Å². The quantitative estimate of drug-likeness (QED) is 0.881. The third kappa shape index (κ3) is 7.18. The van der Waals surface area contributed by atoms with E-state index in [0.717, 1.165) is 24.6 Å². The van der Waals surface area contributed by atoms with E-state index in [4.69, 9.17) is 18.9 Å². The van der Waals surface area contributed by atoms with Crippen molar-refractivity contribution in [1.29, 1.82) is 0 Å². The Kier molecular flexibility index (Phi) is 8.17. The fraction of sp³-hybridized carbons (Fsp3) is 0.647. The summed E-state index contributed by atoms with van der Waals surface area (Å²) in [5.41, 5.74) is 0. The molecule has 0 amide bonds. The smallest absolute Gasteiger partial charge is 0.161 e. The van der Waals surface area contributed by atoms with E-state index < -0.39 is 0 Å². The van der Waals surface area contributed by atoms with Crippen molar-refractivity contribution in [3.05, 3.63) is 24.3 Å². The van der Waals surface area contributed by atoms with Crippen molar-refractivity contribution in [2.45, 2.75) is 13.0 Å². The summed E-state index contributed by atoms with van der Waals surface area (Å²) in [4.78, 5) is 2.14. The van der Waals surface area contributed by atoms with E-state index in [1.165, 1.54) is 0 Å². The van der Waals surface area contributed by atoms with Gasteiger partial charge in [0, 0.05) is 19.6 Å². The van der Waals surface area contributed by atoms with Crippen LogP contribution in [0.5, 0.6) is 11.5 Å². The minimum absolute atomic E-state index is 0.363. The van der Waals surface area contributed by atoms with Crippen LogP contribution in [0.3, 0.4) is 0 Å². The van der Waals surface area contributed by atoms with Crippen LogP contribution in [0, 0.1) is 0 Å². The molecule has 1 aliphatic heterocycles. The van der Waals surface area contributed by atoms with E-state index in [9.17, 15) is 5.11 Å². The van der Waals surface area contributed by atoms with Crippen LogP contribution in [-0.2, 0) is 9.47 Å². The molecule has 1 aromatic carbocycles. The SMILES string of the molecule is C[C@@H](O)CN1CCOCCOc2ccccc2OCCOCC1. The Balaban J connectivity index is 1.86. The van der Waals surface area contributed by atoms with Gasteiger partial charge in [0.25, 0.3) is 0 Å². The van der Waals surface area contributed by atoms with Gasteiger partial charge in [-0.05, 0) is 19.1 Å². The Hall–Kier alpha value is -1.34. The lowest BCUT2D eigenvalue weighted by Crippen LogP contribution is -2.36. The van der Waals surface area contributed by atoms with Crippen molar-refractivity contribution in [2.24, 2.45) is 0 Å². The van der Waals surface area contributed by atoms with Crippen LogP contribution >= 0.6 is 0 Å². The Labute approximate surface area is 137 Å². The number of nitrogens with zero attached hydrogens (tertiary/aromatic N) is 1. The summed E-state index contributed by atoms with van der Waals surface area (Å²) in [5, 5.41) is 9.55. The van der Waals surface area contributed by atoms with E-state index in [-0.39, 0.29) is 6.10 Å². The molecule has 1 aliphatic rings. The van der Waals surface area contributed by atoms with Gasteiger partial charge in [0.2, 0.25) is 0 Å². The summed E-state index contributed by atoms with van der Waals surface area (Å²) < 4.78 is 22.6. The molecular weight excluding hydrogens is 298 g/mol. The zero-order chi connectivity index (χ0) is 16.3. The first kappa shape index (κ1) is 18.0. The van der Waals surface area contributed by atoms with Crippen LogP contribution in [0.15, 0.2) is 24.3 Å². The number of rotatable bonds is 2. The second kappa shape index (κ2) is 10.4. The van der Waals surface area contributed by atoms with Crippen molar-refractivity contribution < 1.29 is 24.1 Å². The molecular formula is C17H27NO5. The first-order valence-electron chi connectivity index (χ1n) is 8.16. The molecule has 0 saturated carbocycles. The highest BCUT2D eigenvalue weighted by molar-refractivity contribution is 5.39. The standard InChI is InChI=1S/C17H27NO5/c1-15(19)14-18-6-8-20-10-12-22-16-4-2-3-5-17(16)23-13-11-21-9-7-18/h2-5,15,19H,6-14H2,1H3/t15-/m1/s1. The number of fused-ring (bicyclic) bond motifs is 1. The van der Waals surface area contributed by atoms with Crippen LogP contribution in [0.25, 0.3) is 0 Å². The zero-order valence-corrected chi connectivity index (χ0v) is 13.8. The largest absolute Gasteiger partial charge is 0.487 e. The van der Waals surface area contributed by atoms with Gasteiger partial charge >= 0.3 is 0 Å². The molecule has 0 bridgehead atoms. The lowest BCUT2D eigenvalue weighted by molar-refractivity contribution is 0.0431. The highest BCUT2D eigenvalue weighted by Gasteiger charge is 2.09. The molecule has 6 heteroatoms. The van der Waals surface area contributed by atoms with Crippen LogP contribution in [-0.4, -0.2) is 75.4 Å². The molecule has 1 aromatic rings. The van der Waals surface area contributed by atoms with E-state index in [1.54, 1.807) is 6.92 Å². The normalized spacial score (nSPS) is 20.3. The molecule has 0 saturated heterocycles. The third-order valence-electron chi connectivity index (χ3n) is 3.45. The molecule has 23 heavy (non-hydrogen) atoms. The fourth-order valence-corrected chi connectivity index (χ4v) is 2.37. The minimum atomic E-state index is -0.363. The molecule has 2 rings (SSSR count). The first-order valence-corrected chi connectivity index (χ1v) is 8.16. The average molecular weight is 325 g/mol. The number of hydrogen-bond donors (Lipinski definition) is 1. The monoisotopic (exact) mass is 325 g/mol. The molecule has 0 spiro atoms. The lowest BCUT2D eigenvalue weighted by atomic mass is 10.3. The van der Waals surface area contributed by atoms with Gasteiger partial charge < -0.3 is 24.1 Å². The number of aliphatic hydroxyl groups excluding tert-OH is 1. The number of aliphatic hydroxyl groups is 1. The molecule has 0 aliphatic carbocycles. The summed E-state index contributed by atoms with van der Waals surface area (Å²) >= 11 is 0. The number of benzene rings is 1. The van der Waals surface area contributed by atoms with Crippen LogP contribution in [0.1, 0.15) is 6.92 Å². The van der Waals surface area contributed by atoms with E-state index in [1.807, 2.05) is 24.3 Å². The lowest BCUT2D eigenvalue weighted by Gasteiger charge is -2.23. The molecule has 130 valence electrons. The molecule has 1 heterocycles. The summed E-state index contributed by atoms with van der Waals surface area (Å²) in [7, 11) is 0. The highest BCUT2D eigenvalue weighted by atomic mass is 16.6. The number of hydrogen-bond acceptors (Lipinski definition) is 6. The third-order valence-corrected chi connectivity index (χ3v) is 3.45. The Morgan fingerprint density at radius 2 is 1.43 bits per heavy atom. The summed E-state index contributed by atoms with van der Waals surface area (Å²) in [6, 6.07) is 7.61. The average Bonchev–Trinajstić information content (AvgIpc) is 2.54. The predicted molar refractivity (Wildman–Crippen MR) is 87.2 cm³/mol. The van der Waals surface area contributed by atoms with Gasteiger partial charge in [0.1, 0.15) is 13.2 Å². The van der Waals surface area contributed by atoms with E-state index in [2.05, 4.69) is 4.90 Å². The molecule has 0 fully saturated rings. The van der Waals surface area contributed by atoms with Gasteiger partial charge in [-0.3, -0.25) is 4.90 Å². The Morgan fingerprint density at radius 1 is 0.913 bits per heavy atom. The van der Waals surface area contributed by atoms with Crippen LogP contribution < -0.4 is 9.47 Å². The van der Waals surface area contributed by atoms with Gasteiger partial charge in [-0.25, -0.2) is 0 Å².